The molecule has 3 atom stereocenters. The Hall–Kier alpha value is -0.250. The van der Waals surface area contributed by atoms with Gasteiger partial charge in [-0.2, -0.15) is 13.2 Å². The highest BCUT2D eigenvalue weighted by molar-refractivity contribution is 4.81. The van der Waals surface area contributed by atoms with Gasteiger partial charge in [-0.25, -0.2) is 0 Å². The summed E-state index contributed by atoms with van der Waals surface area (Å²) < 4.78 is 35.9. The molecular formula is C10H18F3N. The van der Waals surface area contributed by atoms with Crippen LogP contribution >= 0.6 is 0 Å². The Labute approximate surface area is 83.1 Å². The van der Waals surface area contributed by atoms with Gasteiger partial charge in [0.1, 0.15) is 0 Å². The fourth-order valence-corrected chi connectivity index (χ4v) is 2.06. The molecule has 0 spiro atoms. The molecule has 1 N–H and O–H groups in total. The largest absolute Gasteiger partial charge is 0.401 e. The molecule has 1 saturated carbocycles. The summed E-state index contributed by atoms with van der Waals surface area (Å²) in [6.45, 7) is 3.28. The van der Waals surface area contributed by atoms with Gasteiger partial charge in [0.15, 0.2) is 0 Å². The number of halogens is 3. The predicted molar refractivity (Wildman–Crippen MR) is 50.0 cm³/mol. The van der Waals surface area contributed by atoms with Crippen LogP contribution in [0.2, 0.25) is 0 Å². The first-order valence-electron chi connectivity index (χ1n) is 5.18. The summed E-state index contributed by atoms with van der Waals surface area (Å²) in [6, 6.07) is 0.0420. The van der Waals surface area contributed by atoms with E-state index in [4.69, 9.17) is 0 Å². The summed E-state index contributed by atoms with van der Waals surface area (Å²) in [5, 5.41) is 2.62. The van der Waals surface area contributed by atoms with Crippen molar-refractivity contribution in [3.8, 4) is 0 Å². The molecule has 1 aliphatic rings. The number of rotatable bonds is 2. The topological polar surface area (TPSA) is 12.0 Å². The predicted octanol–water partition coefficient (Wildman–Crippen LogP) is 2.96. The van der Waals surface area contributed by atoms with Gasteiger partial charge >= 0.3 is 6.18 Å². The van der Waals surface area contributed by atoms with E-state index < -0.39 is 12.7 Å². The van der Waals surface area contributed by atoms with Crippen LogP contribution in [0, 0.1) is 11.8 Å². The lowest BCUT2D eigenvalue weighted by molar-refractivity contribution is -0.127. The highest BCUT2D eigenvalue weighted by Gasteiger charge is 2.31. The number of nitrogens with one attached hydrogen (secondary N) is 1. The molecule has 0 radical (unpaired) electrons. The average molecular weight is 209 g/mol. The third kappa shape index (κ3) is 3.86. The van der Waals surface area contributed by atoms with Crippen molar-refractivity contribution in [2.24, 2.45) is 11.8 Å². The minimum atomic E-state index is -4.08. The van der Waals surface area contributed by atoms with Crippen LogP contribution in [0.25, 0.3) is 0 Å². The lowest BCUT2D eigenvalue weighted by Crippen LogP contribution is -2.43. The van der Waals surface area contributed by atoms with Crippen molar-refractivity contribution >= 4 is 0 Å². The van der Waals surface area contributed by atoms with Crippen LogP contribution in [-0.2, 0) is 0 Å². The maximum Gasteiger partial charge on any atom is 0.401 e. The van der Waals surface area contributed by atoms with Crippen molar-refractivity contribution in [3.05, 3.63) is 0 Å². The summed E-state index contributed by atoms with van der Waals surface area (Å²) in [6.07, 6.45) is -1.03. The summed E-state index contributed by atoms with van der Waals surface area (Å²) >= 11 is 0. The highest BCUT2D eigenvalue weighted by atomic mass is 19.4. The van der Waals surface area contributed by atoms with Crippen LogP contribution in [-0.4, -0.2) is 18.8 Å². The second-order valence-electron chi connectivity index (χ2n) is 4.50. The standard InChI is InChI=1S/C10H18F3N/c1-7-3-4-8(2)9(5-7)14-6-10(11,12)13/h7-9,14H,3-6H2,1-2H3. The third-order valence-corrected chi connectivity index (χ3v) is 3.02. The minimum absolute atomic E-state index is 0.0420. The Morgan fingerprint density at radius 2 is 1.86 bits per heavy atom. The first-order chi connectivity index (χ1) is 6.38. The normalized spacial score (nSPS) is 34.5. The van der Waals surface area contributed by atoms with Gasteiger partial charge in [0.2, 0.25) is 0 Å². The summed E-state index contributed by atoms with van der Waals surface area (Å²) in [5.41, 5.74) is 0. The molecule has 0 aliphatic heterocycles. The Kier molecular flexibility index (Phi) is 3.81. The Morgan fingerprint density at radius 1 is 1.21 bits per heavy atom. The van der Waals surface area contributed by atoms with Crippen molar-refractivity contribution in [2.75, 3.05) is 6.54 Å². The van der Waals surface area contributed by atoms with E-state index in [-0.39, 0.29) is 6.04 Å². The molecular weight excluding hydrogens is 191 g/mol. The van der Waals surface area contributed by atoms with E-state index >= 15 is 0 Å². The van der Waals surface area contributed by atoms with Crippen LogP contribution < -0.4 is 5.32 Å². The van der Waals surface area contributed by atoms with Gasteiger partial charge in [-0.15, -0.1) is 0 Å². The monoisotopic (exact) mass is 209 g/mol. The molecule has 0 amide bonds. The first kappa shape index (κ1) is 11.8. The van der Waals surface area contributed by atoms with E-state index in [1.807, 2.05) is 6.92 Å². The Bertz CT molecular complexity index is 179. The Morgan fingerprint density at radius 3 is 2.43 bits per heavy atom. The molecule has 14 heavy (non-hydrogen) atoms. The average Bonchev–Trinajstić information content (AvgIpc) is 2.05. The zero-order valence-electron chi connectivity index (χ0n) is 8.69. The number of alkyl halides is 3. The molecule has 0 aromatic rings. The van der Waals surface area contributed by atoms with Gasteiger partial charge < -0.3 is 5.32 Å². The molecule has 0 aromatic carbocycles. The van der Waals surface area contributed by atoms with Gasteiger partial charge in [0, 0.05) is 6.04 Å². The smallest absolute Gasteiger partial charge is 0.306 e. The molecule has 3 unspecified atom stereocenters. The van der Waals surface area contributed by atoms with Crippen LogP contribution in [0.5, 0.6) is 0 Å². The fourth-order valence-electron chi connectivity index (χ4n) is 2.06. The van der Waals surface area contributed by atoms with E-state index in [1.165, 1.54) is 0 Å². The third-order valence-electron chi connectivity index (χ3n) is 3.02. The molecule has 1 fully saturated rings. The molecule has 0 aromatic heterocycles. The quantitative estimate of drug-likeness (QED) is 0.737. The van der Waals surface area contributed by atoms with Gasteiger partial charge in [0.05, 0.1) is 6.54 Å². The summed E-state index contributed by atoms with van der Waals surface area (Å²) in [5.74, 6) is 0.922. The highest BCUT2D eigenvalue weighted by Crippen LogP contribution is 2.28. The maximum absolute atomic E-state index is 12.0. The SMILES string of the molecule is CC1CCC(C)C(NCC(F)(F)F)C1. The lowest BCUT2D eigenvalue weighted by Gasteiger charge is -2.33. The molecule has 84 valence electrons. The number of hydrogen-bond acceptors (Lipinski definition) is 1. The molecule has 0 saturated heterocycles. The van der Waals surface area contributed by atoms with Crippen molar-refractivity contribution in [1.82, 2.24) is 5.32 Å². The molecule has 1 rings (SSSR count). The lowest BCUT2D eigenvalue weighted by atomic mass is 9.80. The van der Waals surface area contributed by atoms with Crippen LogP contribution in [0.1, 0.15) is 33.1 Å². The van der Waals surface area contributed by atoms with Crippen molar-refractivity contribution in [2.45, 2.75) is 45.3 Å². The Balaban J connectivity index is 2.35. The molecule has 1 nitrogen and oxygen atoms in total. The van der Waals surface area contributed by atoms with Gasteiger partial charge in [-0.1, -0.05) is 20.3 Å². The summed E-state index contributed by atoms with van der Waals surface area (Å²) in [7, 11) is 0. The van der Waals surface area contributed by atoms with Gasteiger partial charge in [0.25, 0.3) is 0 Å². The fraction of sp³-hybridized carbons (Fsp3) is 1.00. The number of hydrogen-bond donors (Lipinski definition) is 1. The van der Waals surface area contributed by atoms with Gasteiger partial charge in [-0.05, 0) is 24.7 Å². The molecule has 0 bridgehead atoms. The van der Waals surface area contributed by atoms with E-state index in [0.29, 0.717) is 11.8 Å². The molecule has 0 heterocycles. The van der Waals surface area contributed by atoms with Crippen LogP contribution in [0.15, 0.2) is 0 Å². The van der Waals surface area contributed by atoms with Crippen LogP contribution in [0.4, 0.5) is 13.2 Å². The van der Waals surface area contributed by atoms with E-state index in [0.717, 1.165) is 19.3 Å². The molecule has 1 aliphatic carbocycles. The van der Waals surface area contributed by atoms with Gasteiger partial charge in [-0.3, -0.25) is 0 Å². The zero-order chi connectivity index (χ0) is 10.8. The van der Waals surface area contributed by atoms with E-state index in [9.17, 15) is 13.2 Å². The first-order valence-corrected chi connectivity index (χ1v) is 5.18. The van der Waals surface area contributed by atoms with Crippen molar-refractivity contribution < 1.29 is 13.2 Å². The second kappa shape index (κ2) is 4.51. The maximum atomic E-state index is 12.0. The second-order valence-corrected chi connectivity index (χ2v) is 4.50. The van der Waals surface area contributed by atoms with E-state index in [1.54, 1.807) is 0 Å². The summed E-state index contributed by atoms with van der Waals surface area (Å²) in [4.78, 5) is 0. The molecule has 4 heteroatoms. The van der Waals surface area contributed by atoms with Crippen LogP contribution in [0.3, 0.4) is 0 Å². The van der Waals surface area contributed by atoms with E-state index in [2.05, 4.69) is 12.2 Å². The van der Waals surface area contributed by atoms with Crippen molar-refractivity contribution in [3.63, 3.8) is 0 Å². The zero-order valence-corrected chi connectivity index (χ0v) is 8.69. The minimum Gasteiger partial charge on any atom is -0.306 e. The van der Waals surface area contributed by atoms with Crippen molar-refractivity contribution in [1.29, 1.82) is 0 Å².